The number of hydrogen-bond donors (Lipinski definition) is 3. The van der Waals surface area contributed by atoms with E-state index in [-0.39, 0.29) is 12.1 Å². The van der Waals surface area contributed by atoms with E-state index in [1.165, 1.54) is 13.2 Å². The lowest BCUT2D eigenvalue weighted by Gasteiger charge is -2.20. The van der Waals surface area contributed by atoms with Gasteiger partial charge in [0.1, 0.15) is 11.4 Å². The van der Waals surface area contributed by atoms with Gasteiger partial charge >= 0.3 is 12.1 Å². The van der Waals surface area contributed by atoms with Crippen molar-refractivity contribution in [1.29, 1.82) is 0 Å². The van der Waals surface area contributed by atoms with Crippen LogP contribution >= 0.6 is 23.2 Å². The molecule has 0 aliphatic carbocycles. The summed E-state index contributed by atoms with van der Waals surface area (Å²) in [5, 5.41) is 8.20. The van der Waals surface area contributed by atoms with Crippen molar-refractivity contribution in [3.8, 4) is 5.75 Å². The Morgan fingerprint density at radius 2 is 1.64 bits per heavy atom. The van der Waals surface area contributed by atoms with Crippen LogP contribution in [0.5, 0.6) is 5.75 Å². The summed E-state index contributed by atoms with van der Waals surface area (Å²) in [7, 11) is 1.47. The summed E-state index contributed by atoms with van der Waals surface area (Å²) in [5.74, 6) is -0.285. The SMILES string of the molecule is COc1ccc(Cl)cc1C=C(CNC(=O)OC(C)(C)C)C(=O)NC(=O)Nc1ccc(Cl)cc1. The van der Waals surface area contributed by atoms with E-state index >= 15 is 0 Å². The molecule has 0 aliphatic heterocycles. The Labute approximate surface area is 202 Å². The number of carbonyl (C=O) groups is 3. The van der Waals surface area contributed by atoms with Crippen LogP contribution in [0.4, 0.5) is 15.3 Å². The Hall–Kier alpha value is -3.23. The molecule has 0 heterocycles. The van der Waals surface area contributed by atoms with Crippen LogP contribution in [0.15, 0.2) is 48.0 Å². The van der Waals surface area contributed by atoms with Gasteiger partial charge in [-0.25, -0.2) is 9.59 Å². The number of imide groups is 1. The Morgan fingerprint density at radius 1 is 1.00 bits per heavy atom. The first-order valence-electron chi connectivity index (χ1n) is 9.85. The van der Waals surface area contributed by atoms with Gasteiger partial charge in [0.2, 0.25) is 0 Å². The van der Waals surface area contributed by atoms with E-state index in [9.17, 15) is 14.4 Å². The monoisotopic (exact) mass is 493 g/mol. The summed E-state index contributed by atoms with van der Waals surface area (Å²) >= 11 is 11.9. The van der Waals surface area contributed by atoms with Gasteiger partial charge in [-0.1, -0.05) is 23.2 Å². The molecule has 3 N–H and O–H groups in total. The largest absolute Gasteiger partial charge is 0.496 e. The molecule has 0 unspecified atom stereocenters. The molecule has 8 nitrogen and oxygen atoms in total. The first-order chi connectivity index (χ1) is 15.5. The molecule has 0 saturated carbocycles. The van der Waals surface area contributed by atoms with Gasteiger partial charge in [0.25, 0.3) is 5.91 Å². The molecule has 0 radical (unpaired) electrons. The number of nitrogens with one attached hydrogen (secondary N) is 3. The van der Waals surface area contributed by atoms with Crippen LogP contribution in [0.1, 0.15) is 26.3 Å². The molecule has 2 aromatic carbocycles. The van der Waals surface area contributed by atoms with Gasteiger partial charge in [-0.15, -0.1) is 0 Å². The zero-order chi connectivity index (χ0) is 24.6. The van der Waals surface area contributed by atoms with E-state index in [0.29, 0.717) is 27.0 Å². The normalized spacial score (nSPS) is 11.4. The number of amides is 4. The number of alkyl carbamates (subject to hydrolysis) is 1. The third-order valence-electron chi connectivity index (χ3n) is 3.96. The molecular formula is C23H25Cl2N3O5. The summed E-state index contributed by atoms with van der Waals surface area (Å²) in [6, 6.07) is 10.5. The Bertz CT molecular complexity index is 1050. The molecule has 0 aliphatic rings. The first-order valence-corrected chi connectivity index (χ1v) is 10.6. The highest BCUT2D eigenvalue weighted by Crippen LogP contribution is 2.25. The van der Waals surface area contributed by atoms with Gasteiger partial charge in [0, 0.05) is 26.9 Å². The summed E-state index contributed by atoms with van der Waals surface area (Å²) in [5.41, 5.74) is 0.274. The average molecular weight is 494 g/mol. The summed E-state index contributed by atoms with van der Waals surface area (Å²) < 4.78 is 10.5. The van der Waals surface area contributed by atoms with Crippen LogP contribution in [0.2, 0.25) is 10.0 Å². The molecule has 176 valence electrons. The lowest BCUT2D eigenvalue weighted by atomic mass is 10.1. The van der Waals surface area contributed by atoms with Gasteiger partial charge in [0.05, 0.1) is 13.7 Å². The Balaban J connectivity index is 2.22. The minimum Gasteiger partial charge on any atom is -0.496 e. The van der Waals surface area contributed by atoms with Crippen molar-refractivity contribution in [3.05, 3.63) is 63.6 Å². The van der Waals surface area contributed by atoms with Crippen molar-refractivity contribution < 1.29 is 23.9 Å². The smallest absolute Gasteiger partial charge is 0.407 e. The Morgan fingerprint density at radius 3 is 2.24 bits per heavy atom. The number of methoxy groups -OCH3 is 1. The standard InChI is InChI=1S/C23H25Cl2N3O5/c1-23(2,3)33-22(31)26-13-15(11-14-12-17(25)7-10-19(14)32-4)20(29)28-21(30)27-18-8-5-16(24)6-9-18/h5-12H,13H2,1-4H3,(H,26,31)(H2,27,28,29,30). The number of carbonyl (C=O) groups excluding carboxylic acids is 3. The van der Waals surface area contributed by atoms with E-state index in [1.54, 1.807) is 63.2 Å². The van der Waals surface area contributed by atoms with E-state index in [0.717, 1.165) is 0 Å². The predicted molar refractivity (Wildman–Crippen MR) is 129 cm³/mol. The molecule has 0 atom stereocenters. The minimum atomic E-state index is -0.761. The highest BCUT2D eigenvalue weighted by molar-refractivity contribution is 6.31. The van der Waals surface area contributed by atoms with Gasteiger partial charge in [0.15, 0.2) is 0 Å². The maximum absolute atomic E-state index is 12.9. The second-order valence-electron chi connectivity index (χ2n) is 7.83. The number of anilines is 1. The summed E-state index contributed by atoms with van der Waals surface area (Å²) in [6.07, 6.45) is 0.748. The van der Waals surface area contributed by atoms with E-state index in [1.807, 2.05) is 0 Å². The molecule has 10 heteroatoms. The maximum Gasteiger partial charge on any atom is 0.407 e. The van der Waals surface area contributed by atoms with E-state index in [4.69, 9.17) is 32.7 Å². The predicted octanol–water partition coefficient (Wildman–Crippen LogP) is 5.26. The van der Waals surface area contributed by atoms with Gasteiger partial charge in [-0.05, 0) is 69.3 Å². The highest BCUT2D eigenvalue weighted by Gasteiger charge is 2.19. The van der Waals surface area contributed by atoms with Crippen LogP contribution in [0, 0.1) is 0 Å². The van der Waals surface area contributed by atoms with E-state index in [2.05, 4.69) is 16.0 Å². The molecular weight excluding hydrogens is 469 g/mol. The first kappa shape index (κ1) is 26.0. The van der Waals surface area contributed by atoms with Crippen LogP contribution < -0.4 is 20.7 Å². The van der Waals surface area contributed by atoms with Gasteiger partial charge in [-0.3, -0.25) is 10.1 Å². The molecule has 0 saturated heterocycles. The fourth-order valence-corrected chi connectivity index (χ4v) is 2.87. The lowest BCUT2D eigenvalue weighted by Crippen LogP contribution is -2.39. The fourth-order valence-electron chi connectivity index (χ4n) is 2.56. The summed E-state index contributed by atoms with van der Waals surface area (Å²) in [6.45, 7) is 4.93. The fraction of sp³-hybridized carbons (Fsp3) is 0.261. The van der Waals surface area contributed by atoms with Crippen LogP contribution in [-0.4, -0.2) is 37.3 Å². The summed E-state index contributed by atoms with van der Waals surface area (Å²) in [4.78, 5) is 37.2. The van der Waals surface area contributed by atoms with Crippen molar-refractivity contribution in [2.24, 2.45) is 0 Å². The highest BCUT2D eigenvalue weighted by atomic mass is 35.5. The van der Waals surface area contributed by atoms with Crippen molar-refractivity contribution in [2.75, 3.05) is 19.0 Å². The number of rotatable bonds is 6. The lowest BCUT2D eigenvalue weighted by molar-refractivity contribution is -0.116. The van der Waals surface area contributed by atoms with Crippen molar-refractivity contribution in [1.82, 2.24) is 10.6 Å². The number of halogens is 2. The quantitative estimate of drug-likeness (QED) is 0.476. The molecule has 2 rings (SSSR count). The Kier molecular flexibility index (Phi) is 9.13. The molecule has 0 spiro atoms. The third kappa shape index (κ3) is 9.03. The average Bonchev–Trinajstić information content (AvgIpc) is 2.71. The molecule has 0 bridgehead atoms. The number of urea groups is 1. The number of benzene rings is 2. The van der Waals surface area contributed by atoms with Crippen molar-refractivity contribution in [3.63, 3.8) is 0 Å². The molecule has 4 amide bonds. The van der Waals surface area contributed by atoms with Crippen LogP contribution in [-0.2, 0) is 9.53 Å². The number of hydrogen-bond acceptors (Lipinski definition) is 5. The van der Waals surface area contributed by atoms with Gasteiger partial charge in [-0.2, -0.15) is 0 Å². The van der Waals surface area contributed by atoms with Crippen molar-refractivity contribution >= 4 is 53.0 Å². The van der Waals surface area contributed by atoms with Gasteiger partial charge < -0.3 is 20.1 Å². The number of ether oxygens (including phenoxy) is 2. The minimum absolute atomic E-state index is 0.0627. The van der Waals surface area contributed by atoms with Crippen LogP contribution in [0.25, 0.3) is 6.08 Å². The molecule has 33 heavy (non-hydrogen) atoms. The second kappa shape index (κ2) is 11.6. The zero-order valence-corrected chi connectivity index (χ0v) is 20.1. The maximum atomic E-state index is 12.9. The molecule has 0 aromatic heterocycles. The second-order valence-corrected chi connectivity index (χ2v) is 8.70. The van der Waals surface area contributed by atoms with E-state index < -0.39 is 23.6 Å². The topological polar surface area (TPSA) is 106 Å². The van der Waals surface area contributed by atoms with Crippen LogP contribution in [0.3, 0.4) is 0 Å². The third-order valence-corrected chi connectivity index (χ3v) is 4.45. The molecule has 0 fully saturated rings. The molecule has 2 aromatic rings. The van der Waals surface area contributed by atoms with Crippen molar-refractivity contribution in [2.45, 2.75) is 26.4 Å². The zero-order valence-electron chi connectivity index (χ0n) is 18.6.